The first-order chi connectivity index (χ1) is 9.31. The standard InChI is InChI=1S/C15H16BrN3/c16-14-4-2-1-3-12(14)7-15-18-9-11(10-19-15)8-17-13-5-6-13/h1-4,9-10,13,17H,5-8H2. The minimum Gasteiger partial charge on any atom is -0.310 e. The summed E-state index contributed by atoms with van der Waals surface area (Å²) in [5, 5.41) is 3.46. The van der Waals surface area contributed by atoms with E-state index in [1.807, 2.05) is 30.6 Å². The molecule has 0 aliphatic heterocycles. The molecule has 0 amide bonds. The highest BCUT2D eigenvalue weighted by Crippen LogP contribution is 2.19. The molecule has 4 heteroatoms. The van der Waals surface area contributed by atoms with E-state index in [2.05, 4.69) is 37.3 Å². The van der Waals surface area contributed by atoms with Crippen molar-refractivity contribution in [2.24, 2.45) is 0 Å². The highest BCUT2D eigenvalue weighted by molar-refractivity contribution is 9.10. The minimum absolute atomic E-state index is 0.722. The van der Waals surface area contributed by atoms with Crippen LogP contribution in [-0.2, 0) is 13.0 Å². The van der Waals surface area contributed by atoms with Crippen LogP contribution in [0.4, 0.5) is 0 Å². The van der Waals surface area contributed by atoms with Crippen molar-refractivity contribution in [3.05, 3.63) is 58.1 Å². The van der Waals surface area contributed by atoms with Gasteiger partial charge in [-0.3, -0.25) is 0 Å². The van der Waals surface area contributed by atoms with Crippen LogP contribution in [0.1, 0.15) is 29.8 Å². The van der Waals surface area contributed by atoms with Crippen LogP contribution in [0, 0.1) is 0 Å². The third kappa shape index (κ3) is 3.61. The second kappa shape index (κ2) is 5.80. The zero-order valence-electron chi connectivity index (χ0n) is 10.6. The number of nitrogens with one attached hydrogen (secondary N) is 1. The summed E-state index contributed by atoms with van der Waals surface area (Å²) in [4.78, 5) is 8.88. The van der Waals surface area contributed by atoms with Crippen molar-refractivity contribution in [2.45, 2.75) is 31.8 Å². The molecule has 1 fully saturated rings. The van der Waals surface area contributed by atoms with E-state index in [0.717, 1.165) is 34.9 Å². The van der Waals surface area contributed by atoms with E-state index in [9.17, 15) is 0 Å². The Morgan fingerprint density at radius 2 is 1.89 bits per heavy atom. The van der Waals surface area contributed by atoms with Crippen molar-refractivity contribution in [1.82, 2.24) is 15.3 Å². The van der Waals surface area contributed by atoms with Gasteiger partial charge in [-0.05, 0) is 24.5 Å². The largest absolute Gasteiger partial charge is 0.310 e. The molecule has 1 aromatic heterocycles. The van der Waals surface area contributed by atoms with Gasteiger partial charge in [0, 0.05) is 41.4 Å². The van der Waals surface area contributed by atoms with Crippen LogP contribution in [0.2, 0.25) is 0 Å². The molecule has 1 aliphatic carbocycles. The Balaban J connectivity index is 1.63. The molecule has 19 heavy (non-hydrogen) atoms. The number of halogens is 1. The first kappa shape index (κ1) is 12.8. The van der Waals surface area contributed by atoms with Crippen molar-refractivity contribution in [3.8, 4) is 0 Å². The van der Waals surface area contributed by atoms with Crippen molar-refractivity contribution >= 4 is 15.9 Å². The van der Waals surface area contributed by atoms with Crippen LogP contribution >= 0.6 is 15.9 Å². The Hall–Kier alpha value is -1.26. The van der Waals surface area contributed by atoms with Crippen molar-refractivity contribution < 1.29 is 0 Å². The first-order valence-electron chi connectivity index (χ1n) is 6.58. The normalized spacial score (nSPS) is 14.6. The van der Waals surface area contributed by atoms with Crippen LogP contribution in [-0.4, -0.2) is 16.0 Å². The molecule has 0 atom stereocenters. The summed E-state index contributed by atoms with van der Waals surface area (Å²) < 4.78 is 1.11. The van der Waals surface area contributed by atoms with Gasteiger partial charge in [0.25, 0.3) is 0 Å². The highest BCUT2D eigenvalue weighted by Gasteiger charge is 2.19. The molecule has 1 saturated carbocycles. The Morgan fingerprint density at radius 1 is 1.16 bits per heavy atom. The van der Waals surface area contributed by atoms with Crippen LogP contribution in [0.15, 0.2) is 41.1 Å². The van der Waals surface area contributed by atoms with Gasteiger partial charge in [-0.25, -0.2) is 9.97 Å². The molecule has 1 N–H and O–H groups in total. The Labute approximate surface area is 121 Å². The summed E-state index contributed by atoms with van der Waals surface area (Å²) in [6, 6.07) is 8.91. The molecule has 3 nitrogen and oxygen atoms in total. The van der Waals surface area contributed by atoms with E-state index < -0.39 is 0 Å². The molecule has 0 unspecified atom stereocenters. The third-order valence-electron chi connectivity index (χ3n) is 3.24. The van der Waals surface area contributed by atoms with Crippen molar-refractivity contribution in [3.63, 3.8) is 0 Å². The van der Waals surface area contributed by atoms with Gasteiger partial charge >= 0.3 is 0 Å². The van der Waals surface area contributed by atoms with E-state index in [0.29, 0.717) is 0 Å². The molecule has 0 saturated heterocycles. The van der Waals surface area contributed by atoms with Crippen LogP contribution in [0.5, 0.6) is 0 Å². The van der Waals surface area contributed by atoms with E-state index in [4.69, 9.17) is 0 Å². The lowest BCUT2D eigenvalue weighted by Crippen LogP contribution is -2.15. The molecular weight excluding hydrogens is 302 g/mol. The fourth-order valence-corrected chi connectivity index (χ4v) is 2.35. The maximum atomic E-state index is 4.44. The van der Waals surface area contributed by atoms with Crippen LogP contribution in [0.25, 0.3) is 0 Å². The van der Waals surface area contributed by atoms with Gasteiger partial charge in [-0.1, -0.05) is 34.1 Å². The smallest absolute Gasteiger partial charge is 0.132 e. The van der Waals surface area contributed by atoms with Gasteiger partial charge in [0.2, 0.25) is 0 Å². The maximum absolute atomic E-state index is 4.44. The van der Waals surface area contributed by atoms with Gasteiger partial charge in [0.1, 0.15) is 5.82 Å². The Bertz CT molecular complexity index is 550. The molecule has 0 bridgehead atoms. The zero-order chi connectivity index (χ0) is 13.1. The molecule has 0 radical (unpaired) electrons. The molecule has 98 valence electrons. The monoisotopic (exact) mass is 317 g/mol. The topological polar surface area (TPSA) is 37.8 Å². The van der Waals surface area contributed by atoms with E-state index >= 15 is 0 Å². The van der Waals surface area contributed by atoms with Crippen LogP contribution in [0.3, 0.4) is 0 Å². The van der Waals surface area contributed by atoms with Gasteiger partial charge in [-0.15, -0.1) is 0 Å². The molecular formula is C15H16BrN3. The van der Waals surface area contributed by atoms with Crippen LogP contribution < -0.4 is 5.32 Å². The quantitative estimate of drug-likeness (QED) is 0.921. The number of hydrogen-bond donors (Lipinski definition) is 1. The van der Waals surface area contributed by atoms with Crippen molar-refractivity contribution in [1.29, 1.82) is 0 Å². The summed E-state index contributed by atoms with van der Waals surface area (Å²) >= 11 is 3.55. The zero-order valence-corrected chi connectivity index (χ0v) is 12.2. The number of hydrogen-bond acceptors (Lipinski definition) is 3. The molecule has 0 spiro atoms. The fraction of sp³-hybridized carbons (Fsp3) is 0.333. The number of nitrogens with zero attached hydrogens (tertiary/aromatic N) is 2. The lowest BCUT2D eigenvalue weighted by Gasteiger charge is -2.05. The van der Waals surface area contributed by atoms with Gasteiger partial charge in [0.15, 0.2) is 0 Å². The second-order valence-electron chi connectivity index (χ2n) is 4.93. The predicted octanol–water partition coefficient (Wildman–Crippen LogP) is 3.08. The predicted molar refractivity (Wildman–Crippen MR) is 78.8 cm³/mol. The second-order valence-corrected chi connectivity index (χ2v) is 5.79. The maximum Gasteiger partial charge on any atom is 0.132 e. The fourth-order valence-electron chi connectivity index (χ4n) is 1.93. The summed E-state index contributed by atoms with van der Waals surface area (Å²) in [6.45, 7) is 0.875. The van der Waals surface area contributed by atoms with Crippen molar-refractivity contribution in [2.75, 3.05) is 0 Å². The first-order valence-corrected chi connectivity index (χ1v) is 7.37. The number of aromatic nitrogens is 2. The summed E-state index contributed by atoms with van der Waals surface area (Å²) in [5.74, 6) is 0.863. The average molecular weight is 318 g/mol. The van der Waals surface area contributed by atoms with Gasteiger partial charge in [0.05, 0.1) is 0 Å². The molecule has 1 heterocycles. The SMILES string of the molecule is Brc1ccccc1Cc1ncc(CNC2CC2)cn1. The molecule has 2 aromatic rings. The van der Waals surface area contributed by atoms with E-state index in [1.165, 1.54) is 18.4 Å². The van der Waals surface area contributed by atoms with E-state index in [1.54, 1.807) is 0 Å². The summed E-state index contributed by atoms with van der Waals surface area (Å²) in [5.41, 5.74) is 2.37. The lowest BCUT2D eigenvalue weighted by molar-refractivity contribution is 0.681. The van der Waals surface area contributed by atoms with Gasteiger partial charge in [-0.2, -0.15) is 0 Å². The molecule has 3 rings (SSSR count). The summed E-state index contributed by atoms with van der Waals surface area (Å²) in [7, 11) is 0. The molecule has 1 aromatic carbocycles. The Kier molecular flexibility index (Phi) is 3.89. The number of benzene rings is 1. The third-order valence-corrected chi connectivity index (χ3v) is 4.01. The number of rotatable bonds is 5. The minimum atomic E-state index is 0.722. The highest BCUT2D eigenvalue weighted by atomic mass is 79.9. The lowest BCUT2D eigenvalue weighted by atomic mass is 10.1. The van der Waals surface area contributed by atoms with Gasteiger partial charge < -0.3 is 5.32 Å². The molecule has 1 aliphatic rings. The summed E-state index contributed by atoms with van der Waals surface area (Å²) in [6.07, 6.45) is 7.23. The van der Waals surface area contributed by atoms with E-state index in [-0.39, 0.29) is 0 Å². The Morgan fingerprint density at radius 3 is 2.58 bits per heavy atom. The average Bonchev–Trinajstić information content (AvgIpc) is 3.25.